The van der Waals surface area contributed by atoms with Gasteiger partial charge in [0.05, 0.1) is 0 Å². The topological polar surface area (TPSA) is 43.4 Å². The first-order chi connectivity index (χ1) is 7.76. The molecule has 0 spiro atoms. The number of hydrogen-bond acceptors (Lipinski definition) is 3. The summed E-state index contributed by atoms with van der Waals surface area (Å²) >= 11 is 0. The van der Waals surface area contributed by atoms with E-state index in [9.17, 15) is 9.59 Å². The lowest BCUT2D eigenvalue weighted by atomic mass is 10.2. The second-order valence-electron chi connectivity index (χ2n) is 2.99. The van der Waals surface area contributed by atoms with E-state index in [-0.39, 0.29) is 0 Å². The van der Waals surface area contributed by atoms with Crippen LogP contribution in [0.25, 0.3) is 0 Å². The molecular formula is C13H12O3. The number of ether oxygens (including phenoxy) is 1. The Morgan fingerprint density at radius 2 is 1.88 bits per heavy atom. The molecule has 0 aliphatic carbocycles. The van der Waals surface area contributed by atoms with E-state index >= 15 is 0 Å². The van der Waals surface area contributed by atoms with Gasteiger partial charge in [-0.3, -0.25) is 4.79 Å². The molecule has 16 heavy (non-hydrogen) atoms. The van der Waals surface area contributed by atoms with E-state index < -0.39 is 5.97 Å². The fourth-order valence-corrected chi connectivity index (χ4v) is 1.01. The number of allylic oxidation sites excluding steroid dienone is 3. The minimum atomic E-state index is -0.447. The molecule has 82 valence electrons. The van der Waals surface area contributed by atoms with Gasteiger partial charge in [-0.2, -0.15) is 0 Å². The van der Waals surface area contributed by atoms with Gasteiger partial charge in [-0.25, -0.2) is 4.79 Å². The van der Waals surface area contributed by atoms with Crippen LogP contribution < -0.4 is 4.74 Å². The van der Waals surface area contributed by atoms with Gasteiger partial charge in [-0.1, -0.05) is 18.2 Å². The zero-order valence-corrected chi connectivity index (χ0v) is 8.92. The van der Waals surface area contributed by atoms with Gasteiger partial charge in [-0.05, 0) is 31.2 Å². The molecule has 0 aromatic heterocycles. The minimum Gasteiger partial charge on any atom is -0.423 e. The van der Waals surface area contributed by atoms with Crippen LogP contribution in [0.5, 0.6) is 5.75 Å². The lowest BCUT2D eigenvalue weighted by Gasteiger charge is -2.00. The van der Waals surface area contributed by atoms with Gasteiger partial charge in [-0.15, -0.1) is 0 Å². The summed E-state index contributed by atoms with van der Waals surface area (Å²) in [5.41, 5.74) is 0.546. The van der Waals surface area contributed by atoms with Crippen LogP contribution in [-0.4, -0.2) is 12.3 Å². The molecule has 0 N–H and O–H groups in total. The molecule has 0 aliphatic rings. The van der Waals surface area contributed by atoms with Crippen molar-refractivity contribution >= 4 is 12.3 Å². The summed E-state index contributed by atoms with van der Waals surface area (Å²) in [5, 5.41) is 0. The average molecular weight is 216 g/mol. The number of esters is 1. The van der Waals surface area contributed by atoms with Crippen molar-refractivity contribution in [1.29, 1.82) is 0 Å². The van der Waals surface area contributed by atoms with E-state index in [1.807, 2.05) is 13.0 Å². The van der Waals surface area contributed by atoms with E-state index in [1.165, 1.54) is 6.08 Å². The molecule has 3 heteroatoms. The van der Waals surface area contributed by atoms with E-state index in [1.54, 1.807) is 36.4 Å². The lowest BCUT2D eigenvalue weighted by Crippen LogP contribution is -2.03. The highest BCUT2D eigenvalue weighted by atomic mass is 16.5. The summed E-state index contributed by atoms with van der Waals surface area (Å²) in [4.78, 5) is 21.6. The first-order valence-electron chi connectivity index (χ1n) is 4.82. The highest BCUT2D eigenvalue weighted by molar-refractivity contribution is 5.84. The number of aldehydes is 1. The monoisotopic (exact) mass is 216 g/mol. The summed E-state index contributed by atoms with van der Waals surface area (Å²) in [6.45, 7) is 1.85. The van der Waals surface area contributed by atoms with Crippen LogP contribution in [0.15, 0.2) is 48.6 Å². The Labute approximate surface area is 94.0 Å². The molecular weight excluding hydrogens is 204 g/mol. The minimum absolute atomic E-state index is 0.417. The molecule has 0 unspecified atom stereocenters. The molecule has 0 radical (unpaired) electrons. The Bertz CT molecular complexity index is 413. The Morgan fingerprint density at radius 1 is 1.19 bits per heavy atom. The maximum atomic E-state index is 11.2. The van der Waals surface area contributed by atoms with Crippen LogP contribution in [0.1, 0.15) is 17.3 Å². The van der Waals surface area contributed by atoms with E-state index in [0.29, 0.717) is 11.3 Å². The summed E-state index contributed by atoms with van der Waals surface area (Å²) in [6.07, 6.45) is 7.20. The van der Waals surface area contributed by atoms with Crippen LogP contribution in [0.2, 0.25) is 0 Å². The van der Waals surface area contributed by atoms with Gasteiger partial charge in [0.1, 0.15) is 12.0 Å². The number of carbonyl (C=O) groups is 2. The van der Waals surface area contributed by atoms with Gasteiger partial charge < -0.3 is 4.74 Å². The van der Waals surface area contributed by atoms with Crippen LogP contribution in [0.4, 0.5) is 0 Å². The van der Waals surface area contributed by atoms with Crippen molar-refractivity contribution in [2.45, 2.75) is 6.92 Å². The van der Waals surface area contributed by atoms with Gasteiger partial charge in [0, 0.05) is 11.6 Å². The van der Waals surface area contributed by atoms with E-state index in [4.69, 9.17) is 4.74 Å². The number of rotatable bonds is 4. The van der Waals surface area contributed by atoms with Crippen molar-refractivity contribution < 1.29 is 14.3 Å². The fourth-order valence-electron chi connectivity index (χ4n) is 1.01. The predicted molar refractivity (Wildman–Crippen MR) is 61.4 cm³/mol. The zero-order valence-electron chi connectivity index (χ0n) is 8.92. The third-order valence-corrected chi connectivity index (χ3v) is 1.77. The van der Waals surface area contributed by atoms with E-state index in [0.717, 1.165) is 6.29 Å². The molecule has 1 rings (SSSR count). The first-order valence-corrected chi connectivity index (χ1v) is 4.82. The Kier molecular flexibility index (Phi) is 4.73. The molecule has 3 nitrogen and oxygen atoms in total. The number of benzene rings is 1. The average Bonchev–Trinajstić information content (AvgIpc) is 2.30. The smallest absolute Gasteiger partial charge is 0.336 e. The molecule has 0 heterocycles. The molecule has 0 aliphatic heterocycles. The summed E-state index contributed by atoms with van der Waals surface area (Å²) < 4.78 is 4.98. The molecule has 0 fully saturated rings. The summed E-state index contributed by atoms with van der Waals surface area (Å²) in [5.74, 6) is -0.0299. The number of hydrogen-bond donors (Lipinski definition) is 0. The maximum absolute atomic E-state index is 11.2. The normalized spacial score (nSPS) is 10.8. The molecule has 1 aromatic rings. The second-order valence-corrected chi connectivity index (χ2v) is 2.99. The van der Waals surface area contributed by atoms with Crippen molar-refractivity contribution in [3.8, 4) is 5.75 Å². The largest absolute Gasteiger partial charge is 0.423 e. The van der Waals surface area contributed by atoms with Crippen molar-refractivity contribution in [3.63, 3.8) is 0 Å². The summed E-state index contributed by atoms with van der Waals surface area (Å²) in [7, 11) is 0. The van der Waals surface area contributed by atoms with Crippen molar-refractivity contribution in [3.05, 3.63) is 54.1 Å². The van der Waals surface area contributed by atoms with E-state index in [2.05, 4.69) is 0 Å². The highest BCUT2D eigenvalue weighted by Crippen LogP contribution is 2.11. The maximum Gasteiger partial charge on any atom is 0.336 e. The third-order valence-electron chi connectivity index (χ3n) is 1.77. The number of carbonyl (C=O) groups excluding carboxylic acids is 2. The molecule has 0 bridgehead atoms. The molecule has 0 atom stereocenters. The SMILES string of the molecule is CC=CC=CC(=O)Oc1ccc(C=O)cc1. The zero-order chi connectivity index (χ0) is 11.8. The second kappa shape index (κ2) is 6.35. The Balaban J connectivity index is 2.59. The quantitative estimate of drug-likeness (QED) is 0.255. The van der Waals surface area contributed by atoms with Crippen LogP contribution in [0, 0.1) is 0 Å². The standard InChI is InChI=1S/C13H12O3/c1-2-3-4-5-13(15)16-12-8-6-11(10-14)7-9-12/h2-10H,1H3. The predicted octanol–water partition coefficient (Wildman–Crippen LogP) is 2.54. The van der Waals surface area contributed by atoms with Gasteiger partial charge in [0.25, 0.3) is 0 Å². The van der Waals surface area contributed by atoms with Crippen molar-refractivity contribution in [2.75, 3.05) is 0 Å². The first kappa shape index (κ1) is 11.9. The molecule has 0 saturated heterocycles. The van der Waals surface area contributed by atoms with Crippen molar-refractivity contribution in [2.24, 2.45) is 0 Å². The Hall–Kier alpha value is -2.16. The van der Waals surface area contributed by atoms with Gasteiger partial charge in [0.15, 0.2) is 0 Å². The fraction of sp³-hybridized carbons (Fsp3) is 0.0769. The lowest BCUT2D eigenvalue weighted by molar-refractivity contribution is -0.128. The van der Waals surface area contributed by atoms with Gasteiger partial charge in [0.2, 0.25) is 0 Å². The molecule has 1 aromatic carbocycles. The van der Waals surface area contributed by atoms with Gasteiger partial charge >= 0.3 is 5.97 Å². The van der Waals surface area contributed by atoms with Crippen LogP contribution in [0.3, 0.4) is 0 Å². The van der Waals surface area contributed by atoms with Crippen LogP contribution in [-0.2, 0) is 4.79 Å². The highest BCUT2D eigenvalue weighted by Gasteiger charge is 1.99. The molecule has 0 saturated carbocycles. The Morgan fingerprint density at radius 3 is 2.44 bits per heavy atom. The van der Waals surface area contributed by atoms with Crippen LogP contribution >= 0.6 is 0 Å². The van der Waals surface area contributed by atoms with Crippen molar-refractivity contribution in [1.82, 2.24) is 0 Å². The summed E-state index contributed by atoms with van der Waals surface area (Å²) in [6, 6.07) is 6.33. The third kappa shape index (κ3) is 3.92. The molecule has 0 amide bonds.